The first kappa shape index (κ1) is 13.6. The lowest BCUT2D eigenvalue weighted by atomic mass is 9.90. The van der Waals surface area contributed by atoms with E-state index in [4.69, 9.17) is 11.6 Å². The van der Waals surface area contributed by atoms with Gasteiger partial charge in [0, 0.05) is 24.2 Å². The van der Waals surface area contributed by atoms with Gasteiger partial charge in [0.15, 0.2) is 0 Å². The van der Waals surface area contributed by atoms with E-state index < -0.39 is 16.3 Å². The average Bonchev–Trinajstić information content (AvgIpc) is 2.73. The third-order valence-corrected chi connectivity index (χ3v) is 3.70. The quantitative estimate of drug-likeness (QED) is 0.681. The van der Waals surface area contributed by atoms with Crippen LogP contribution in [0, 0.1) is 15.5 Å². The molecule has 19 heavy (non-hydrogen) atoms. The highest BCUT2D eigenvalue weighted by atomic mass is 35.5. The van der Waals surface area contributed by atoms with E-state index in [0.29, 0.717) is 23.7 Å². The molecule has 1 aromatic rings. The molecular weight excluding hydrogens is 272 g/mol. The Balaban J connectivity index is 2.36. The van der Waals surface area contributed by atoms with Gasteiger partial charge in [-0.15, -0.1) is 0 Å². The average molecular weight is 285 g/mol. The molecule has 0 saturated carbocycles. The number of nitrogens with zero attached hydrogens (tertiary/aromatic N) is 2. The Hall–Kier alpha value is -1.82. The van der Waals surface area contributed by atoms with E-state index in [1.807, 2.05) is 0 Å². The third-order valence-electron chi connectivity index (χ3n) is 3.46. The van der Waals surface area contributed by atoms with Crippen molar-refractivity contribution in [1.82, 2.24) is 0 Å². The highest BCUT2D eigenvalue weighted by molar-refractivity contribution is 6.31. The largest absolute Gasteiger partial charge is 0.481 e. The van der Waals surface area contributed by atoms with Gasteiger partial charge in [0.25, 0.3) is 5.69 Å². The summed E-state index contributed by atoms with van der Waals surface area (Å²) in [5, 5.41) is 20.6. The molecule has 1 N–H and O–H groups in total. The standard InChI is InChI=1S/C12H13ClN2O4/c1-12(11(16)17)4-5-14(7-12)10-6-8(13)2-3-9(10)15(18)19/h2-3,6H,4-5,7H2,1H3,(H,16,17). The summed E-state index contributed by atoms with van der Waals surface area (Å²) < 4.78 is 0. The second-order valence-corrected chi connectivity index (χ2v) is 5.36. The van der Waals surface area contributed by atoms with Crippen LogP contribution in [0.5, 0.6) is 0 Å². The topological polar surface area (TPSA) is 83.7 Å². The molecule has 0 aromatic heterocycles. The fourth-order valence-corrected chi connectivity index (χ4v) is 2.41. The van der Waals surface area contributed by atoms with Crippen molar-refractivity contribution in [2.75, 3.05) is 18.0 Å². The zero-order valence-electron chi connectivity index (χ0n) is 10.3. The molecule has 1 heterocycles. The molecule has 0 bridgehead atoms. The van der Waals surface area contributed by atoms with E-state index in [9.17, 15) is 20.0 Å². The van der Waals surface area contributed by atoms with Crippen LogP contribution in [0.15, 0.2) is 18.2 Å². The fraction of sp³-hybridized carbons (Fsp3) is 0.417. The molecule has 102 valence electrons. The number of carbonyl (C=O) groups is 1. The summed E-state index contributed by atoms with van der Waals surface area (Å²) in [5.41, 5.74) is -0.558. The van der Waals surface area contributed by atoms with Crippen molar-refractivity contribution in [3.8, 4) is 0 Å². The van der Waals surface area contributed by atoms with Crippen molar-refractivity contribution in [2.45, 2.75) is 13.3 Å². The maximum Gasteiger partial charge on any atom is 0.311 e. The van der Waals surface area contributed by atoms with Crippen molar-refractivity contribution < 1.29 is 14.8 Å². The van der Waals surface area contributed by atoms with Gasteiger partial charge in [-0.25, -0.2) is 0 Å². The lowest BCUT2D eigenvalue weighted by molar-refractivity contribution is -0.384. The molecule has 2 rings (SSSR count). The summed E-state index contributed by atoms with van der Waals surface area (Å²) in [6, 6.07) is 4.30. The van der Waals surface area contributed by atoms with Gasteiger partial charge in [-0.3, -0.25) is 14.9 Å². The molecule has 0 spiro atoms. The number of nitro benzene ring substituents is 1. The van der Waals surface area contributed by atoms with Gasteiger partial charge in [-0.1, -0.05) is 11.6 Å². The van der Waals surface area contributed by atoms with Crippen molar-refractivity contribution in [3.63, 3.8) is 0 Å². The van der Waals surface area contributed by atoms with E-state index in [0.717, 1.165) is 0 Å². The second-order valence-electron chi connectivity index (χ2n) is 4.93. The van der Waals surface area contributed by atoms with Crippen molar-refractivity contribution in [2.24, 2.45) is 5.41 Å². The number of anilines is 1. The minimum atomic E-state index is -0.889. The summed E-state index contributed by atoms with van der Waals surface area (Å²) in [6.07, 6.45) is 0.450. The van der Waals surface area contributed by atoms with Gasteiger partial charge in [0.2, 0.25) is 0 Å². The predicted octanol–water partition coefficient (Wildman–Crippen LogP) is 2.55. The minimum absolute atomic E-state index is 0.0564. The highest BCUT2D eigenvalue weighted by Gasteiger charge is 2.41. The molecule has 1 unspecified atom stereocenters. The smallest absolute Gasteiger partial charge is 0.311 e. The molecule has 0 radical (unpaired) electrons. The summed E-state index contributed by atoms with van der Waals surface area (Å²) in [4.78, 5) is 23.4. The molecule has 6 nitrogen and oxygen atoms in total. The molecule has 1 saturated heterocycles. The lowest BCUT2D eigenvalue weighted by Crippen LogP contribution is -2.31. The maximum absolute atomic E-state index is 11.2. The van der Waals surface area contributed by atoms with Crippen LogP contribution in [0.25, 0.3) is 0 Å². The number of halogens is 1. The van der Waals surface area contributed by atoms with Crippen LogP contribution >= 0.6 is 11.6 Å². The number of nitro groups is 1. The molecule has 1 fully saturated rings. The first-order chi connectivity index (χ1) is 8.83. The van der Waals surface area contributed by atoms with Crippen molar-refractivity contribution in [3.05, 3.63) is 33.3 Å². The summed E-state index contributed by atoms with van der Waals surface area (Å²) in [6.45, 7) is 2.35. The second kappa shape index (κ2) is 4.70. The number of hydrogen-bond acceptors (Lipinski definition) is 4. The minimum Gasteiger partial charge on any atom is -0.481 e. The fourth-order valence-electron chi connectivity index (χ4n) is 2.25. The van der Waals surface area contributed by atoms with Gasteiger partial charge >= 0.3 is 5.97 Å². The van der Waals surface area contributed by atoms with E-state index in [2.05, 4.69) is 0 Å². The lowest BCUT2D eigenvalue weighted by Gasteiger charge is -2.21. The van der Waals surface area contributed by atoms with E-state index in [-0.39, 0.29) is 12.2 Å². The van der Waals surface area contributed by atoms with E-state index in [1.54, 1.807) is 11.8 Å². The first-order valence-electron chi connectivity index (χ1n) is 5.76. The molecular formula is C12H13ClN2O4. The van der Waals surface area contributed by atoms with Gasteiger partial charge < -0.3 is 10.0 Å². The van der Waals surface area contributed by atoms with Crippen molar-refractivity contribution in [1.29, 1.82) is 0 Å². The molecule has 0 amide bonds. The van der Waals surface area contributed by atoms with Crippen LogP contribution in [0.4, 0.5) is 11.4 Å². The van der Waals surface area contributed by atoms with Crippen LogP contribution in [0.2, 0.25) is 5.02 Å². The number of benzene rings is 1. The molecule has 1 aromatic carbocycles. The van der Waals surface area contributed by atoms with Gasteiger partial charge in [-0.2, -0.15) is 0 Å². The van der Waals surface area contributed by atoms with Crippen LogP contribution in [0.1, 0.15) is 13.3 Å². The summed E-state index contributed by atoms with van der Waals surface area (Å²) >= 11 is 5.87. The van der Waals surface area contributed by atoms with Gasteiger partial charge in [0.1, 0.15) is 5.69 Å². The van der Waals surface area contributed by atoms with E-state index in [1.165, 1.54) is 18.2 Å². The van der Waals surface area contributed by atoms with Crippen molar-refractivity contribution >= 4 is 28.9 Å². The Morgan fingerprint density at radius 3 is 2.79 bits per heavy atom. The molecule has 1 aliphatic rings. The first-order valence-corrected chi connectivity index (χ1v) is 6.13. The summed E-state index contributed by atoms with van der Waals surface area (Å²) in [7, 11) is 0. The Bertz CT molecular complexity index is 549. The molecule has 1 atom stereocenters. The molecule has 1 aliphatic heterocycles. The number of hydrogen-bond donors (Lipinski definition) is 1. The maximum atomic E-state index is 11.2. The number of rotatable bonds is 3. The Labute approximate surface area is 114 Å². The Morgan fingerprint density at radius 1 is 1.58 bits per heavy atom. The zero-order valence-corrected chi connectivity index (χ0v) is 11.1. The SMILES string of the molecule is CC1(C(=O)O)CCN(c2cc(Cl)ccc2[N+](=O)[O-])C1. The monoisotopic (exact) mass is 284 g/mol. The van der Waals surface area contributed by atoms with Gasteiger partial charge in [-0.05, 0) is 25.5 Å². The van der Waals surface area contributed by atoms with Crippen LogP contribution < -0.4 is 4.90 Å². The van der Waals surface area contributed by atoms with Crippen LogP contribution in [-0.4, -0.2) is 29.1 Å². The van der Waals surface area contributed by atoms with Crippen LogP contribution in [-0.2, 0) is 4.79 Å². The number of aliphatic carboxylic acids is 1. The normalized spacial score (nSPS) is 22.5. The molecule has 7 heteroatoms. The van der Waals surface area contributed by atoms with Gasteiger partial charge in [0.05, 0.1) is 10.3 Å². The Kier molecular flexibility index (Phi) is 3.36. The Morgan fingerprint density at radius 2 is 2.26 bits per heavy atom. The number of carboxylic acids is 1. The number of carboxylic acid groups (broad SMARTS) is 1. The zero-order chi connectivity index (χ0) is 14.2. The highest BCUT2D eigenvalue weighted by Crippen LogP contribution is 2.38. The predicted molar refractivity (Wildman–Crippen MR) is 70.7 cm³/mol. The van der Waals surface area contributed by atoms with Crippen LogP contribution in [0.3, 0.4) is 0 Å². The summed E-state index contributed by atoms with van der Waals surface area (Å²) in [5.74, 6) is -0.889. The third kappa shape index (κ3) is 2.49. The van der Waals surface area contributed by atoms with E-state index >= 15 is 0 Å². The molecule has 0 aliphatic carbocycles.